The fourth-order valence-corrected chi connectivity index (χ4v) is 2.14. The molecule has 23 heavy (non-hydrogen) atoms. The molecule has 0 aliphatic heterocycles. The Bertz CT molecular complexity index is 775. The summed E-state index contributed by atoms with van der Waals surface area (Å²) in [7, 11) is 0. The van der Waals surface area contributed by atoms with Crippen molar-refractivity contribution >= 4 is 23.2 Å². The second-order valence-electron chi connectivity index (χ2n) is 5.23. The molecule has 0 radical (unpaired) electrons. The van der Waals surface area contributed by atoms with Gasteiger partial charge in [0.2, 0.25) is 5.91 Å². The minimum Gasteiger partial charge on any atom is -0.466 e. The highest BCUT2D eigenvalue weighted by Crippen LogP contribution is 2.14. The third kappa shape index (κ3) is 4.29. The Morgan fingerprint density at radius 2 is 1.87 bits per heavy atom. The molecule has 1 aromatic carbocycles. The van der Waals surface area contributed by atoms with E-state index in [1.165, 1.54) is 6.92 Å². The van der Waals surface area contributed by atoms with Crippen LogP contribution in [-0.2, 0) is 4.79 Å². The van der Waals surface area contributed by atoms with E-state index in [1.807, 2.05) is 12.1 Å². The van der Waals surface area contributed by atoms with Crippen molar-refractivity contribution in [3.63, 3.8) is 0 Å². The normalized spacial score (nSPS) is 11.2. The first-order valence-electron chi connectivity index (χ1n) is 7.16. The molecule has 6 nitrogen and oxygen atoms in total. The van der Waals surface area contributed by atoms with E-state index in [0.717, 1.165) is 5.56 Å². The van der Waals surface area contributed by atoms with E-state index in [1.54, 1.807) is 39.0 Å². The SMILES string of the molecule is CC(=O)Nc1cccc(/C(C)=N/NC(=O)c2cc(C)oc2C)c1. The van der Waals surface area contributed by atoms with Crippen LogP contribution < -0.4 is 10.7 Å². The van der Waals surface area contributed by atoms with Crippen LogP contribution in [0.15, 0.2) is 39.9 Å². The average Bonchev–Trinajstić information content (AvgIpc) is 2.83. The third-order valence-electron chi connectivity index (χ3n) is 3.21. The Hall–Kier alpha value is -2.89. The highest BCUT2D eigenvalue weighted by Gasteiger charge is 2.13. The minimum atomic E-state index is -0.322. The van der Waals surface area contributed by atoms with Gasteiger partial charge in [0, 0.05) is 12.6 Å². The van der Waals surface area contributed by atoms with Crippen LogP contribution in [0.5, 0.6) is 0 Å². The van der Waals surface area contributed by atoms with Gasteiger partial charge < -0.3 is 9.73 Å². The van der Waals surface area contributed by atoms with E-state index in [-0.39, 0.29) is 11.8 Å². The molecule has 2 N–H and O–H groups in total. The van der Waals surface area contributed by atoms with Gasteiger partial charge in [-0.05, 0) is 44.5 Å². The van der Waals surface area contributed by atoms with Gasteiger partial charge in [0.1, 0.15) is 11.5 Å². The number of rotatable bonds is 4. The number of hydrogen-bond acceptors (Lipinski definition) is 4. The van der Waals surface area contributed by atoms with Gasteiger partial charge in [-0.2, -0.15) is 5.10 Å². The summed E-state index contributed by atoms with van der Waals surface area (Å²) >= 11 is 0. The summed E-state index contributed by atoms with van der Waals surface area (Å²) in [5.41, 5.74) is 5.09. The number of anilines is 1. The molecule has 120 valence electrons. The predicted molar refractivity (Wildman–Crippen MR) is 88.6 cm³/mol. The van der Waals surface area contributed by atoms with Gasteiger partial charge in [-0.15, -0.1) is 0 Å². The molecular formula is C17H19N3O3. The Morgan fingerprint density at radius 3 is 2.48 bits per heavy atom. The van der Waals surface area contributed by atoms with E-state index in [4.69, 9.17) is 4.42 Å². The fourth-order valence-electron chi connectivity index (χ4n) is 2.14. The summed E-state index contributed by atoms with van der Waals surface area (Å²) in [5, 5.41) is 6.81. The van der Waals surface area contributed by atoms with Crippen molar-refractivity contribution in [2.45, 2.75) is 27.7 Å². The van der Waals surface area contributed by atoms with E-state index in [0.29, 0.717) is 28.5 Å². The highest BCUT2D eigenvalue weighted by atomic mass is 16.3. The van der Waals surface area contributed by atoms with Gasteiger partial charge in [0.15, 0.2) is 0 Å². The molecule has 2 aromatic rings. The quantitative estimate of drug-likeness (QED) is 0.672. The standard InChI is InChI=1S/C17H19N3O3/c1-10-8-16(12(3)23-10)17(22)20-19-11(2)14-6-5-7-15(9-14)18-13(4)21/h5-9H,1-4H3,(H,18,21)(H,20,22)/b19-11+. The summed E-state index contributed by atoms with van der Waals surface area (Å²) in [6.07, 6.45) is 0. The molecule has 2 amide bonds. The maximum atomic E-state index is 12.1. The van der Waals surface area contributed by atoms with Gasteiger partial charge in [-0.25, -0.2) is 5.43 Å². The fraction of sp³-hybridized carbons (Fsp3) is 0.235. The monoisotopic (exact) mass is 313 g/mol. The van der Waals surface area contributed by atoms with Crippen molar-refractivity contribution in [2.75, 3.05) is 5.32 Å². The third-order valence-corrected chi connectivity index (χ3v) is 3.21. The van der Waals surface area contributed by atoms with Crippen LogP contribution in [0.3, 0.4) is 0 Å². The van der Waals surface area contributed by atoms with Crippen LogP contribution in [0.25, 0.3) is 0 Å². The van der Waals surface area contributed by atoms with Gasteiger partial charge in [-0.3, -0.25) is 9.59 Å². The van der Waals surface area contributed by atoms with Crippen LogP contribution in [0.1, 0.15) is 41.3 Å². The average molecular weight is 313 g/mol. The van der Waals surface area contributed by atoms with Crippen LogP contribution in [0, 0.1) is 13.8 Å². The first-order valence-corrected chi connectivity index (χ1v) is 7.16. The lowest BCUT2D eigenvalue weighted by molar-refractivity contribution is -0.114. The molecule has 1 aromatic heterocycles. The zero-order valence-corrected chi connectivity index (χ0v) is 13.6. The number of hydrazone groups is 1. The minimum absolute atomic E-state index is 0.143. The molecule has 0 aliphatic carbocycles. The predicted octanol–water partition coefficient (Wildman–Crippen LogP) is 3.01. The molecule has 0 atom stereocenters. The number of carbonyl (C=O) groups excluding carboxylic acids is 2. The molecule has 1 heterocycles. The molecule has 0 unspecified atom stereocenters. The molecule has 2 rings (SSSR count). The van der Waals surface area contributed by atoms with E-state index < -0.39 is 0 Å². The largest absolute Gasteiger partial charge is 0.466 e. The molecule has 0 saturated heterocycles. The second-order valence-corrected chi connectivity index (χ2v) is 5.23. The number of nitrogens with zero attached hydrogens (tertiary/aromatic N) is 1. The smallest absolute Gasteiger partial charge is 0.274 e. The highest BCUT2D eigenvalue weighted by molar-refractivity contribution is 6.02. The first-order chi connectivity index (χ1) is 10.9. The number of furan rings is 1. The maximum Gasteiger partial charge on any atom is 0.274 e. The number of aryl methyl sites for hydroxylation is 2. The van der Waals surface area contributed by atoms with Crippen molar-refractivity contribution in [3.8, 4) is 0 Å². The van der Waals surface area contributed by atoms with E-state index >= 15 is 0 Å². The lowest BCUT2D eigenvalue weighted by Gasteiger charge is -2.06. The van der Waals surface area contributed by atoms with Crippen LogP contribution >= 0.6 is 0 Å². The van der Waals surface area contributed by atoms with Crippen LogP contribution in [0.4, 0.5) is 5.69 Å². The molecule has 0 saturated carbocycles. The number of hydrogen-bond donors (Lipinski definition) is 2. The maximum absolute atomic E-state index is 12.1. The van der Waals surface area contributed by atoms with Crippen molar-refractivity contribution in [1.29, 1.82) is 0 Å². The Kier molecular flexibility index (Phi) is 4.95. The first kappa shape index (κ1) is 16.5. The van der Waals surface area contributed by atoms with Gasteiger partial charge in [0.05, 0.1) is 11.3 Å². The van der Waals surface area contributed by atoms with Crippen molar-refractivity contribution < 1.29 is 14.0 Å². The lowest BCUT2D eigenvalue weighted by Crippen LogP contribution is -2.19. The van der Waals surface area contributed by atoms with Crippen molar-refractivity contribution in [3.05, 3.63) is 53.0 Å². The number of carbonyl (C=O) groups is 2. The summed E-state index contributed by atoms with van der Waals surface area (Å²) in [6, 6.07) is 8.91. The summed E-state index contributed by atoms with van der Waals surface area (Å²) in [6.45, 7) is 6.74. The van der Waals surface area contributed by atoms with E-state index in [9.17, 15) is 9.59 Å². The zero-order valence-electron chi connectivity index (χ0n) is 13.6. The molecule has 6 heteroatoms. The number of amides is 2. The molecular weight excluding hydrogens is 294 g/mol. The molecule has 0 fully saturated rings. The summed E-state index contributed by atoms with van der Waals surface area (Å²) in [5.74, 6) is 0.768. The Labute approximate surface area is 134 Å². The summed E-state index contributed by atoms with van der Waals surface area (Å²) < 4.78 is 5.33. The lowest BCUT2D eigenvalue weighted by atomic mass is 10.1. The Morgan fingerprint density at radius 1 is 1.13 bits per heavy atom. The number of benzene rings is 1. The van der Waals surface area contributed by atoms with Crippen LogP contribution in [0.2, 0.25) is 0 Å². The Balaban J connectivity index is 2.12. The second kappa shape index (κ2) is 6.91. The summed E-state index contributed by atoms with van der Waals surface area (Å²) in [4.78, 5) is 23.2. The molecule has 0 aliphatic rings. The molecule has 0 bridgehead atoms. The van der Waals surface area contributed by atoms with Crippen molar-refractivity contribution in [2.24, 2.45) is 5.10 Å². The van der Waals surface area contributed by atoms with Gasteiger partial charge in [0.25, 0.3) is 5.91 Å². The van der Waals surface area contributed by atoms with Crippen molar-refractivity contribution in [1.82, 2.24) is 5.43 Å². The van der Waals surface area contributed by atoms with Crippen LogP contribution in [-0.4, -0.2) is 17.5 Å². The van der Waals surface area contributed by atoms with Gasteiger partial charge in [-0.1, -0.05) is 12.1 Å². The topological polar surface area (TPSA) is 83.7 Å². The van der Waals surface area contributed by atoms with E-state index in [2.05, 4.69) is 15.8 Å². The molecule has 0 spiro atoms. The zero-order chi connectivity index (χ0) is 17.0. The number of nitrogens with one attached hydrogen (secondary N) is 2. The van der Waals surface area contributed by atoms with Gasteiger partial charge >= 0.3 is 0 Å².